The van der Waals surface area contributed by atoms with Crippen LogP contribution in [0.15, 0.2) is 42.9 Å². The van der Waals surface area contributed by atoms with Gasteiger partial charge >= 0.3 is 5.97 Å². The monoisotopic (exact) mass is 274 g/mol. The Kier molecular flexibility index (Phi) is 4.30. The average molecular weight is 274 g/mol. The van der Waals surface area contributed by atoms with Gasteiger partial charge in [-0.3, -0.25) is 0 Å². The molecule has 0 saturated carbocycles. The van der Waals surface area contributed by atoms with Gasteiger partial charge in [-0.1, -0.05) is 12.1 Å². The van der Waals surface area contributed by atoms with Gasteiger partial charge < -0.3 is 9.30 Å². The molecule has 0 unspecified atom stereocenters. The number of carbonyl (C=O) groups excluding carboxylic acids is 1. The minimum atomic E-state index is -0.424. The smallest absolute Gasteiger partial charge is 0.330 e. The molecule has 1 atom stereocenters. The van der Waals surface area contributed by atoms with Crippen molar-refractivity contribution in [2.75, 3.05) is 7.11 Å². The van der Waals surface area contributed by atoms with Gasteiger partial charge in [0.25, 0.3) is 0 Å². The molecular formula is C15H15FN2O2. The van der Waals surface area contributed by atoms with Crippen molar-refractivity contribution in [3.05, 3.63) is 59.9 Å². The third-order valence-electron chi connectivity index (χ3n) is 3.06. The zero-order valence-electron chi connectivity index (χ0n) is 11.3. The molecule has 0 bridgehead atoms. The van der Waals surface area contributed by atoms with Gasteiger partial charge in [-0.25, -0.2) is 14.2 Å². The Hall–Kier alpha value is -2.43. The third-order valence-corrected chi connectivity index (χ3v) is 3.06. The lowest BCUT2D eigenvalue weighted by Gasteiger charge is -2.15. The van der Waals surface area contributed by atoms with Crippen LogP contribution in [0.2, 0.25) is 0 Å². The number of esters is 1. The van der Waals surface area contributed by atoms with Gasteiger partial charge in [0.2, 0.25) is 0 Å². The van der Waals surface area contributed by atoms with E-state index in [1.165, 1.54) is 25.3 Å². The van der Waals surface area contributed by atoms with Gasteiger partial charge in [-0.15, -0.1) is 0 Å². The quantitative estimate of drug-likeness (QED) is 0.636. The Morgan fingerprint density at radius 3 is 2.75 bits per heavy atom. The topological polar surface area (TPSA) is 44.1 Å². The molecule has 0 fully saturated rings. The lowest BCUT2D eigenvalue weighted by atomic mass is 10.1. The molecule has 0 radical (unpaired) electrons. The maximum Gasteiger partial charge on any atom is 0.330 e. The van der Waals surface area contributed by atoms with Crippen molar-refractivity contribution in [3.8, 4) is 0 Å². The molecule has 0 aliphatic heterocycles. The van der Waals surface area contributed by atoms with E-state index in [9.17, 15) is 9.18 Å². The van der Waals surface area contributed by atoms with Crippen molar-refractivity contribution < 1.29 is 13.9 Å². The first-order valence-corrected chi connectivity index (χ1v) is 6.15. The molecule has 0 N–H and O–H groups in total. The molecule has 1 aromatic heterocycles. The SMILES string of the molecule is COC(=O)/C=C/c1cncn1[C@H](C)c1ccc(F)cc1. The predicted octanol–water partition coefficient (Wildman–Crippen LogP) is 2.82. The van der Waals surface area contributed by atoms with Gasteiger partial charge in [0.15, 0.2) is 0 Å². The standard InChI is InChI=1S/C15H15FN2O2/c1-11(12-3-5-13(16)6-4-12)18-10-17-9-14(18)7-8-15(19)20-2/h3-11H,1-2H3/b8-7+/t11-/m1/s1. The van der Waals surface area contributed by atoms with Crippen molar-refractivity contribution in [2.45, 2.75) is 13.0 Å². The lowest BCUT2D eigenvalue weighted by molar-refractivity contribution is -0.134. The van der Waals surface area contributed by atoms with Gasteiger partial charge in [0.05, 0.1) is 31.4 Å². The van der Waals surface area contributed by atoms with Crippen LogP contribution < -0.4 is 0 Å². The minimum absolute atomic E-state index is 0.0182. The summed E-state index contributed by atoms with van der Waals surface area (Å²) >= 11 is 0. The summed E-state index contributed by atoms with van der Waals surface area (Å²) in [5, 5.41) is 0. The Labute approximate surface area is 116 Å². The van der Waals surface area contributed by atoms with Gasteiger partial charge in [-0.05, 0) is 30.7 Å². The highest BCUT2D eigenvalue weighted by molar-refractivity contribution is 5.86. The normalized spacial score (nSPS) is 12.6. The van der Waals surface area contributed by atoms with E-state index in [2.05, 4.69) is 9.72 Å². The summed E-state index contributed by atoms with van der Waals surface area (Å²) in [5.41, 5.74) is 1.73. The summed E-state index contributed by atoms with van der Waals surface area (Å²) in [6.07, 6.45) is 6.30. The van der Waals surface area contributed by atoms with Crippen LogP contribution in [0.3, 0.4) is 0 Å². The van der Waals surface area contributed by atoms with Crippen molar-refractivity contribution >= 4 is 12.0 Å². The van der Waals surface area contributed by atoms with E-state index in [1.807, 2.05) is 11.5 Å². The van der Waals surface area contributed by atoms with Crippen LogP contribution in [-0.4, -0.2) is 22.6 Å². The molecule has 0 spiro atoms. The Bertz CT molecular complexity index is 617. The molecule has 20 heavy (non-hydrogen) atoms. The Morgan fingerprint density at radius 1 is 1.40 bits per heavy atom. The summed E-state index contributed by atoms with van der Waals surface area (Å²) in [7, 11) is 1.32. The number of aromatic nitrogens is 2. The van der Waals surface area contributed by atoms with Gasteiger partial charge in [0.1, 0.15) is 5.82 Å². The van der Waals surface area contributed by atoms with E-state index in [4.69, 9.17) is 0 Å². The molecule has 0 aliphatic carbocycles. The maximum absolute atomic E-state index is 12.9. The van der Waals surface area contributed by atoms with Crippen molar-refractivity contribution in [1.82, 2.24) is 9.55 Å². The van der Waals surface area contributed by atoms with Crippen LogP contribution in [0.5, 0.6) is 0 Å². The van der Waals surface area contributed by atoms with E-state index in [1.54, 1.807) is 30.7 Å². The molecule has 1 aromatic carbocycles. The molecule has 0 aliphatic rings. The molecular weight excluding hydrogens is 259 g/mol. The minimum Gasteiger partial charge on any atom is -0.466 e. The van der Waals surface area contributed by atoms with E-state index in [0.29, 0.717) is 0 Å². The second-order valence-electron chi connectivity index (χ2n) is 4.31. The van der Waals surface area contributed by atoms with Crippen molar-refractivity contribution in [3.63, 3.8) is 0 Å². The first-order valence-electron chi connectivity index (χ1n) is 6.15. The van der Waals surface area contributed by atoms with E-state index >= 15 is 0 Å². The zero-order chi connectivity index (χ0) is 14.5. The molecule has 5 heteroatoms. The van der Waals surface area contributed by atoms with Crippen molar-refractivity contribution in [1.29, 1.82) is 0 Å². The predicted molar refractivity (Wildman–Crippen MR) is 73.5 cm³/mol. The van der Waals surface area contributed by atoms with E-state index in [0.717, 1.165) is 11.3 Å². The van der Waals surface area contributed by atoms with Crippen LogP contribution in [0.1, 0.15) is 24.2 Å². The highest BCUT2D eigenvalue weighted by Crippen LogP contribution is 2.20. The van der Waals surface area contributed by atoms with Crippen LogP contribution in [-0.2, 0) is 9.53 Å². The summed E-state index contributed by atoms with van der Waals surface area (Å²) < 4.78 is 19.4. The third kappa shape index (κ3) is 3.12. The van der Waals surface area contributed by atoms with Crippen LogP contribution in [0, 0.1) is 5.82 Å². The molecule has 0 amide bonds. The second kappa shape index (κ2) is 6.14. The van der Waals surface area contributed by atoms with Crippen molar-refractivity contribution in [2.24, 2.45) is 0 Å². The first-order chi connectivity index (χ1) is 9.61. The van der Waals surface area contributed by atoms with E-state index in [-0.39, 0.29) is 11.9 Å². The van der Waals surface area contributed by atoms with Gasteiger partial charge in [0, 0.05) is 6.08 Å². The van der Waals surface area contributed by atoms with E-state index < -0.39 is 5.97 Å². The number of carbonyl (C=O) groups is 1. The fraction of sp³-hybridized carbons (Fsp3) is 0.200. The highest BCUT2D eigenvalue weighted by Gasteiger charge is 2.10. The fourth-order valence-corrected chi connectivity index (χ4v) is 1.89. The summed E-state index contributed by atoms with van der Waals surface area (Å²) in [5.74, 6) is -0.690. The number of hydrogen-bond acceptors (Lipinski definition) is 3. The molecule has 0 saturated heterocycles. The molecule has 2 aromatic rings. The zero-order valence-corrected chi connectivity index (χ0v) is 11.3. The van der Waals surface area contributed by atoms with Crippen LogP contribution >= 0.6 is 0 Å². The number of halogens is 1. The number of benzene rings is 1. The Morgan fingerprint density at radius 2 is 2.10 bits per heavy atom. The molecule has 104 valence electrons. The molecule has 1 heterocycles. The largest absolute Gasteiger partial charge is 0.466 e. The number of hydrogen-bond donors (Lipinski definition) is 0. The lowest BCUT2D eigenvalue weighted by Crippen LogP contribution is -2.07. The molecule has 4 nitrogen and oxygen atoms in total. The second-order valence-corrected chi connectivity index (χ2v) is 4.31. The highest BCUT2D eigenvalue weighted by atomic mass is 19.1. The van der Waals surface area contributed by atoms with Crippen LogP contribution in [0.25, 0.3) is 6.08 Å². The van der Waals surface area contributed by atoms with Crippen LogP contribution in [0.4, 0.5) is 4.39 Å². The maximum atomic E-state index is 12.9. The van der Waals surface area contributed by atoms with Gasteiger partial charge in [-0.2, -0.15) is 0 Å². The summed E-state index contributed by atoms with van der Waals surface area (Å²) in [6.45, 7) is 1.98. The Balaban J connectivity index is 2.25. The number of nitrogens with zero attached hydrogens (tertiary/aromatic N) is 2. The summed E-state index contributed by atoms with van der Waals surface area (Å²) in [6, 6.07) is 6.29. The number of ether oxygens (including phenoxy) is 1. The number of rotatable bonds is 4. The molecule has 2 rings (SSSR count). The number of methoxy groups -OCH3 is 1. The fourth-order valence-electron chi connectivity index (χ4n) is 1.89. The number of imidazole rings is 1. The first kappa shape index (κ1) is 14.0. The average Bonchev–Trinajstić information content (AvgIpc) is 2.93. The summed E-state index contributed by atoms with van der Waals surface area (Å²) in [4.78, 5) is 15.2.